The highest BCUT2D eigenvalue weighted by molar-refractivity contribution is 9.10. The summed E-state index contributed by atoms with van der Waals surface area (Å²) in [5.41, 5.74) is 1.61. The van der Waals surface area contributed by atoms with Gasteiger partial charge in [-0.15, -0.1) is 11.3 Å². The van der Waals surface area contributed by atoms with Gasteiger partial charge >= 0.3 is 0 Å². The molecule has 2 aromatic carbocycles. The summed E-state index contributed by atoms with van der Waals surface area (Å²) in [6.07, 6.45) is 0. The Labute approximate surface area is 185 Å². The fourth-order valence-corrected chi connectivity index (χ4v) is 4.54. The molecule has 0 aliphatic heterocycles. The third-order valence-electron chi connectivity index (χ3n) is 4.49. The van der Waals surface area contributed by atoms with Crippen LogP contribution in [0.25, 0.3) is 20.7 Å². The molecule has 8 heteroatoms. The van der Waals surface area contributed by atoms with Gasteiger partial charge in [0.1, 0.15) is 10.7 Å². The maximum Gasteiger partial charge on any atom is 0.259 e. The first kappa shape index (κ1) is 20.5. The normalized spacial score (nSPS) is 11.2. The highest BCUT2D eigenvalue weighted by Gasteiger charge is 2.13. The Hall–Kier alpha value is -2.81. The summed E-state index contributed by atoms with van der Waals surface area (Å²) in [5, 5.41) is 3.45. The number of hydrogen-bond acceptors (Lipinski definition) is 5. The molecule has 2 heterocycles. The maximum atomic E-state index is 12.5. The van der Waals surface area contributed by atoms with Crippen LogP contribution < -0.4 is 10.9 Å². The summed E-state index contributed by atoms with van der Waals surface area (Å²) in [4.78, 5) is 35.8. The van der Waals surface area contributed by atoms with Gasteiger partial charge in [-0.3, -0.25) is 14.5 Å². The Bertz CT molecular complexity index is 1250. The molecule has 0 saturated carbocycles. The number of likely N-dealkylation sites (N-methyl/N-ethyl adjacent to an activating group) is 1. The quantitative estimate of drug-likeness (QED) is 0.424. The Morgan fingerprint density at radius 3 is 2.67 bits per heavy atom. The van der Waals surface area contributed by atoms with Crippen molar-refractivity contribution in [2.45, 2.75) is 6.54 Å². The molecule has 0 unspecified atom stereocenters. The van der Waals surface area contributed by atoms with Gasteiger partial charge in [0.05, 0.1) is 24.2 Å². The number of fused-ring (bicyclic) bond motifs is 1. The number of H-pyrrole nitrogens is 1. The summed E-state index contributed by atoms with van der Waals surface area (Å²) in [7, 11) is 1.81. The van der Waals surface area contributed by atoms with E-state index < -0.39 is 0 Å². The summed E-state index contributed by atoms with van der Waals surface area (Å²) >= 11 is 4.91. The smallest absolute Gasteiger partial charge is 0.259 e. The van der Waals surface area contributed by atoms with Crippen molar-refractivity contribution in [1.82, 2.24) is 14.9 Å². The summed E-state index contributed by atoms with van der Waals surface area (Å²) < 4.78 is 0.823. The number of halogens is 1. The molecule has 0 atom stereocenters. The molecule has 4 aromatic rings. The van der Waals surface area contributed by atoms with Gasteiger partial charge in [0.15, 0.2) is 0 Å². The topological polar surface area (TPSA) is 78.1 Å². The molecule has 4 rings (SSSR count). The predicted octanol–water partition coefficient (Wildman–Crippen LogP) is 4.48. The third-order valence-corrected chi connectivity index (χ3v) is 6.26. The van der Waals surface area contributed by atoms with Crippen LogP contribution >= 0.6 is 27.3 Å². The van der Waals surface area contributed by atoms with Gasteiger partial charge in [-0.1, -0.05) is 42.5 Å². The summed E-state index contributed by atoms with van der Waals surface area (Å²) in [6, 6.07) is 19.2. The molecular formula is C22H19BrN4O2S. The molecule has 2 aromatic heterocycles. The molecule has 0 spiro atoms. The van der Waals surface area contributed by atoms with Gasteiger partial charge in [-0.25, -0.2) is 4.98 Å². The molecule has 0 bridgehead atoms. The molecule has 6 nitrogen and oxygen atoms in total. The Balaban J connectivity index is 1.47. The summed E-state index contributed by atoms with van der Waals surface area (Å²) in [6.45, 7) is 0.524. The van der Waals surface area contributed by atoms with Gasteiger partial charge in [-0.2, -0.15) is 0 Å². The number of aromatic nitrogens is 2. The highest BCUT2D eigenvalue weighted by atomic mass is 79.9. The van der Waals surface area contributed by atoms with Crippen molar-refractivity contribution in [3.63, 3.8) is 0 Å². The molecule has 30 heavy (non-hydrogen) atoms. The lowest BCUT2D eigenvalue weighted by molar-refractivity contribution is -0.117. The Kier molecular flexibility index (Phi) is 6.08. The van der Waals surface area contributed by atoms with E-state index in [1.807, 2.05) is 72.6 Å². The molecule has 152 valence electrons. The van der Waals surface area contributed by atoms with Crippen LogP contribution in [0.4, 0.5) is 5.69 Å². The number of amides is 1. The van der Waals surface area contributed by atoms with Crippen LogP contribution in [0.2, 0.25) is 0 Å². The van der Waals surface area contributed by atoms with Crippen LogP contribution in [0.15, 0.2) is 69.9 Å². The lowest BCUT2D eigenvalue weighted by Crippen LogP contribution is -2.31. The molecular weight excluding hydrogens is 464 g/mol. The lowest BCUT2D eigenvalue weighted by atomic mass is 10.2. The predicted molar refractivity (Wildman–Crippen MR) is 125 cm³/mol. The second-order valence-corrected chi connectivity index (χ2v) is 8.79. The zero-order valence-electron chi connectivity index (χ0n) is 16.2. The second kappa shape index (κ2) is 8.91. The second-order valence-electron chi connectivity index (χ2n) is 6.91. The van der Waals surface area contributed by atoms with Gasteiger partial charge in [0, 0.05) is 9.35 Å². The average molecular weight is 483 g/mol. The molecule has 0 aliphatic rings. The molecule has 0 fully saturated rings. The van der Waals surface area contributed by atoms with E-state index in [1.54, 1.807) is 0 Å². The van der Waals surface area contributed by atoms with E-state index in [1.165, 1.54) is 11.3 Å². The zero-order chi connectivity index (χ0) is 21.1. The fraction of sp³-hybridized carbons (Fsp3) is 0.136. The number of nitrogens with zero attached hydrogens (tertiary/aromatic N) is 2. The van der Waals surface area contributed by atoms with Gasteiger partial charge in [0.25, 0.3) is 5.56 Å². The van der Waals surface area contributed by atoms with Crippen molar-refractivity contribution in [2.75, 3.05) is 18.9 Å². The van der Waals surface area contributed by atoms with Crippen LogP contribution in [0.1, 0.15) is 5.82 Å². The minimum atomic E-state index is -0.167. The number of thiophene rings is 1. The van der Waals surface area contributed by atoms with Crippen molar-refractivity contribution in [2.24, 2.45) is 0 Å². The average Bonchev–Trinajstić information content (AvgIpc) is 3.15. The van der Waals surface area contributed by atoms with Crippen molar-refractivity contribution >= 4 is 49.1 Å². The standard InChI is InChI=1S/C22H19BrN4O2S/c1-27(13-20(28)24-17-10-6-5-9-16(17)23)12-19-25-21(29)15-11-18(30-22(15)26-19)14-7-3-2-4-8-14/h2-11H,12-13H2,1H3,(H,24,28)(H,25,26,29). The van der Waals surface area contributed by atoms with Crippen LogP contribution in [-0.4, -0.2) is 34.4 Å². The molecule has 0 radical (unpaired) electrons. The lowest BCUT2D eigenvalue weighted by Gasteiger charge is -2.16. The van der Waals surface area contributed by atoms with Gasteiger partial charge in [-0.05, 0) is 46.7 Å². The number of anilines is 1. The first-order valence-corrected chi connectivity index (χ1v) is 10.9. The third kappa shape index (κ3) is 4.67. The first-order chi connectivity index (χ1) is 14.5. The van der Waals surface area contributed by atoms with Crippen LogP contribution in [0.3, 0.4) is 0 Å². The van der Waals surface area contributed by atoms with Gasteiger partial charge < -0.3 is 10.3 Å². The maximum absolute atomic E-state index is 12.5. The minimum absolute atomic E-state index is 0.143. The number of benzene rings is 2. The van der Waals surface area contributed by atoms with Crippen molar-refractivity contribution in [3.05, 3.63) is 81.3 Å². The van der Waals surface area contributed by atoms with Crippen LogP contribution in [-0.2, 0) is 11.3 Å². The highest BCUT2D eigenvalue weighted by Crippen LogP contribution is 2.30. The molecule has 2 N–H and O–H groups in total. The number of nitrogens with one attached hydrogen (secondary N) is 2. The SMILES string of the molecule is CN(CC(=O)Nc1ccccc1Br)Cc1nc2sc(-c3ccccc3)cc2c(=O)[nH]1. The number of hydrogen-bond donors (Lipinski definition) is 2. The summed E-state index contributed by atoms with van der Waals surface area (Å²) in [5.74, 6) is 0.389. The molecule has 0 aliphatic carbocycles. The largest absolute Gasteiger partial charge is 0.324 e. The molecule has 1 amide bonds. The van der Waals surface area contributed by atoms with Crippen LogP contribution in [0, 0.1) is 0 Å². The first-order valence-electron chi connectivity index (χ1n) is 9.30. The van der Waals surface area contributed by atoms with E-state index in [0.717, 1.165) is 20.6 Å². The molecule has 0 saturated heterocycles. The number of carbonyl (C=O) groups is 1. The van der Waals surface area contributed by atoms with Gasteiger partial charge in [0.2, 0.25) is 5.91 Å². The zero-order valence-corrected chi connectivity index (χ0v) is 18.6. The van der Waals surface area contributed by atoms with E-state index in [2.05, 4.69) is 31.2 Å². The minimum Gasteiger partial charge on any atom is -0.324 e. The van der Waals surface area contributed by atoms with E-state index >= 15 is 0 Å². The number of aromatic amines is 1. The Morgan fingerprint density at radius 2 is 1.90 bits per heavy atom. The van der Waals surface area contributed by atoms with Crippen LogP contribution in [0.5, 0.6) is 0 Å². The van der Waals surface area contributed by atoms with E-state index in [4.69, 9.17) is 0 Å². The number of para-hydroxylation sites is 1. The monoisotopic (exact) mass is 482 g/mol. The van der Waals surface area contributed by atoms with E-state index in [9.17, 15) is 9.59 Å². The van der Waals surface area contributed by atoms with E-state index in [0.29, 0.717) is 22.6 Å². The fourth-order valence-electron chi connectivity index (χ4n) is 3.10. The number of carbonyl (C=O) groups excluding carboxylic acids is 1. The number of rotatable bonds is 6. The van der Waals surface area contributed by atoms with Crippen molar-refractivity contribution in [3.8, 4) is 10.4 Å². The van der Waals surface area contributed by atoms with Crippen molar-refractivity contribution in [1.29, 1.82) is 0 Å². The Morgan fingerprint density at radius 1 is 1.17 bits per heavy atom. The van der Waals surface area contributed by atoms with Crippen molar-refractivity contribution < 1.29 is 4.79 Å². The van der Waals surface area contributed by atoms with E-state index in [-0.39, 0.29) is 18.0 Å².